The van der Waals surface area contributed by atoms with Gasteiger partial charge < -0.3 is 14.2 Å². The van der Waals surface area contributed by atoms with Gasteiger partial charge in [-0.3, -0.25) is 0 Å². The fraction of sp³-hybridized carbons (Fsp3) is 0.167. The van der Waals surface area contributed by atoms with Gasteiger partial charge in [0.15, 0.2) is 17.7 Å². The quantitative estimate of drug-likeness (QED) is 0.732. The van der Waals surface area contributed by atoms with Gasteiger partial charge in [-0.25, -0.2) is 4.98 Å². The van der Waals surface area contributed by atoms with Crippen molar-refractivity contribution in [1.29, 1.82) is 0 Å². The smallest absolute Gasteiger partial charge is 0.295 e. The van der Waals surface area contributed by atoms with Crippen LogP contribution in [0.4, 0.5) is 6.01 Å². The maximum atomic E-state index is 5.59. The van der Waals surface area contributed by atoms with E-state index in [1.165, 1.54) is 6.39 Å². The molecule has 0 spiro atoms. The zero-order valence-corrected chi connectivity index (χ0v) is 9.52. The summed E-state index contributed by atoms with van der Waals surface area (Å²) in [7, 11) is 1.77. The predicted molar refractivity (Wildman–Crippen MR) is 63.8 cm³/mol. The highest BCUT2D eigenvalue weighted by Crippen LogP contribution is 2.28. The van der Waals surface area contributed by atoms with Crippen LogP contribution in [0.25, 0.3) is 22.4 Å². The van der Waals surface area contributed by atoms with Gasteiger partial charge in [0.1, 0.15) is 5.52 Å². The van der Waals surface area contributed by atoms with E-state index in [1.807, 2.05) is 25.1 Å². The Hall–Kier alpha value is -2.30. The first kappa shape index (κ1) is 9.89. The maximum Gasteiger partial charge on any atom is 0.295 e. The van der Waals surface area contributed by atoms with Gasteiger partial charge in [0.25, 0.3) is 6.01 Å². The average molecular weight is 229 g/mol. The fourth-order valence-corrected chi connectivity index (χ4v) is 1.77. The van der Waals surface area contributed by atoms with Crippen LogP contribution < -0.4 is 5.32 Å². The number of nitrogens with one attached hydrogen (secondary N) is 1. The van der Waals surface area contributed by atoms with Gasteiger partial charge in [-0.2, -0.15) is 4.98 Å². The Morgan fingerprint density at radius 1 is 1.29 bits per heavy atom. The van der Waals surface area contributed by atoms with Crippen molar-refractivity contribution in [3.8, 4) is 11.3 Å². The monoisotopic (exact) mass is 229 g/mol. The van der Waals surface area contributed by atoms with Crippen molar-refractivity contribution in [2.45, 2.75) is 6.92 Å². The van der Waals surface area contributed by atoms with Crippen LogP contribution in [0.2, 0.25) is 0 Å². The Kier molecular flexibility index (Phi) is 2.11. The lowest BCUT2D eigenvalue weighted by Crippen LogP contribution is -1.85. The van der Waals surface area contributed by atoms with Gasteiger partial charge in [0, 0.05) is 12.6 Å². The Labute approximate surface area is 97.5 Å². The van der Waals surface area contributed by atoms with Crippen LogP contribution in [0, 0.1) is 6.92 Å². The molecule has 0 aliphatic carbocycles. The van der Waals surface area contributed by atoms with Crippen LogP contribution >= 0.6 is 0 Å². The molecule has 2 aromatic heterocycles. The number of anilines is 1. The third-order valence-corrected chi connectivity index (χ3v) is 2.60. The summed E-state index contributed by atoms with van der Waals surface area (Å²) in [5, 5.41) is 2.88. The van der Waals surface area contributed by atoms with Gasteiger partial charge >= 0.3 is 0 Å². The van der Waals surface area contributed by atoms with Crippen LogP contribution in [0.5, 0.6) is 0 Å². The van der Waals surface area contributed by atoms with Gasteiger partial charge in [-0.15, -0.1) is 0 Å². The number of benzene rings is 1. The van der Waals surface area contributed by atoms with Crippen molar-refractivity contribution in [2.75, 3.05) is 12.4 Å². The SMILES string of the molecule is CNc1nc(C)c(-c2ccc3ncoc3c2)o1. The van der Waals surface area contributed by atoms with E-state index in [-0.39, 0.29) is 0 Å². The molecular formula is C12H11N3O2. The van der Waals surface area contributed by atoms with E-state index < -0.39 is 0 Å². The van der Waals surface area contributed by atoms with Crippen LogP contribution in [-0.2, 0) is 0 Å². The third kappa shape index (κ3) is 1.56. The molecule has 3 rings (SSSR count). The molecule has 86 valence electrons. The topological polar surface area (TPSA) is 64.1 Å². The van der Waals surface area contributed by atoms with Crippen LogP contribution in [0.15, 0.2) is 33.4 Å². The molecule has 0 unspecified atom stereocenters. The predicted octanol–water partition coefficient (Wildman–Crippen LogP) is 2.83. The minimum atomic E-state index is 0.509. The van der Waals surface area contributed by atoms with Crippen LogP contribution in [0.1, 0.15) is 5.69 Å². The van der Waals surface area contributed by atoms with Crippen molar-refractivity contribution in [3.63, 3.8) is 0 Å². The zero-order chi connectivity index (χ0) is 11.8. The summed E-state index contributed by atoms with van der Waals surface area (Å²) >= 11 is 0. The maximum absolute atomic E-state index is 5.59. The molecule has 0 aliphatic rings. The third-order valence-electron chi connectivity index (χ3n) is 2.60. The molecular weight excluding hydrogens is 218 g/mol. The van der Waals surface area contributed by atoms with E-state index in [0.29, 0.717) is 6.01 Å². The average Bonchev–Trinajstić information content (AvgIpc) is 2.93. The van der Waals surface area contributed by atoms with Crippen molar-refractivity contribution in [2.24, 2.45) is 0 Å². The van der Waals surface area contributed by atoms with Crippen molar-refractivity contribution >= 4 is 17.1 Å². The molecule has 1 aromatic carbocycles. The first-order valence-corrected chi connectivity index (χ1v) is 5.27. The molecule has 0 amide bonds. The number of aromatic nitrogens is 2. The van der Waals surface area contributed by atoms with Crippen molar-refractivity contribution in [3.05, 3.63) is 30.3 Å². The lowest BCUT2D eigenvalue weighted by atomic mass is 10.1. The van der Waals surface area contributed by atoms with Crippen molar-refractivity contribution < 1.29 is 8.83 Å². The highest BCUT2D eigenvalue weighted by atomic mass is 16.4. The summed E-state index contributed by atoms with van der Waals surface area (Å²) in [5.74, 6) is 0.743. The Balaban J connectivity index is 2.15. The van der Waals surface area contributed by atoms with E-state index in [9.17, 15) is 0 Å². The number of oxazole rings is 2. The number of hydrogen-bond donors (Lipinski definition) is 1. The molecule has 0 aliphatic heterocycles. The van der Waals surface area contributed by atoms with E-state index in [2.05, 4.69) is 15.3 Å². The lowest BCUT2D eigenvalue weighted by Gasteiger charge is -1.97. The molecule has 5 nitrogen and oxygen atoms in total. The largest absolute Gasteiger partial charge is 0.443 e. The second-order valence-electron chi connectivity index (χ2n) is 3.72. The second-order valence-corrected chi connectivity index (χ2v) is 3.72. The Morgan fingerprint density at radius 2 is 2.18 bits per heavy atom. The molecule has 2 heterocycles. The van der Waals surface area contributed by atoms with Crippen LogP contribution in [0.3, 0.4) is 0 Å². The highest BCUT2D eigenvalue weighted by Gasteiger charge is 2.12. The summed E-state index contributed by atoms with van der Waals surface area (Å²) in [6.45, 7) is 1.91. The lowest BCUT2D eigenvalue weighted by molar-refractivity contribution is 0.587. The molecule has 0 saturated carbocycles. The van der Waals surface area contributed by atoms with E-state index in [0.717, 1.165) is 28.1 Å². The van der Waals surface area contributed by atoms with Gasteiger partial charge in [-0.1, -0.05) is 0 Å². The molecule has 17 heavy (non-hydrogen) atoms. The summed E-state index contributed by atoms with van der Waals surface area (Å²) < 4.78 is 10.9. The van der Waals surface area contributed by atoms with Gasteiger partial charge in [-0.05, 0) is 25.1 Å². The van der Waals surface area contributed by atoms with E-state index >= 15 is 0 Å². The molecule has 0 saturated heterocycles. The molecule has 0 bridgehead atoms. The summed E-state index contributed by atoms with van der Waals surface area (Å²) in [4.78, 5) is 8.32. The number of aryl methyl sites for hydroxylation is 1. The number of rotatable bonds is 2. The minimum absolute atomic E-state index is 0.509. The number of nitrogens with zero attached hydrogens (tertiary/aromatic N) is 2. The first-order valence-electron chi connectivity index (χ1n) is 5.27. The molecule has 0 radical (unpaired) electrons. The Bertz CT molecular complexity index is 669. The molecule has 0 fully saturated rings. The minimum Gasteiger partial charge on any atom is -0.443 e. The van der Waals surface area contributed by atoms with E-state index in [4.69, 9.17) is 8.83 Å². The number of hydrogen-bond acceptors (Lipinski definition) is 5. The summed E-state index contributed by atoms with van der Waals surface area (Å²) in [6, 6.07) is 6.25. The summed E-state index contributed by atoms with van der Waals surface area (Å²) in [5.41, 5.74) is 3.35. The highest BCUT2D eigenvalue weighted by molar-refractivity contribution is 5.79. The molecule has 3 aromatic rings. The zero-order valence-electron chi connectivity index (χ0n) is 9.52. The van der Waals surface area contributed by atoms with Gasteiger partial charge in [0.05, 0.1) is 5.69 Å². The fourth-order valence-electron chi connectivity index (χ4n) is 1.77. The van der Waals surface area contributed by atoms with Crippen molar-refractivity contribution in [1.82, 2.24) is 9.97 Å². The molecule has 5 heteroatoms. The van der Waals surface area contributed by atoms with Gasteiger partial charge in [0.2, 0.25) is 0 Å². The molecule has 1 N–H and O–H groups in total. The van der Waals surface area contributed by atoms with Crippen LogP contribution in [-0.4, -0.2) is 17.0 Å². The normalized spacial score (nSPS) is 10.9. The molecule has 0 atom stereocenters. The standard InChI is InChI=1S/C12H11N3O2/c1-7-11(17-12(13-2)15-7)8-3-4-9-10(5-8)16-6-14-9/h3-6H,1-2H3,(H,13,15). The number of fused-ring (bicyclic) bond motifs is 1. The Morgan fingerprint density at radius 3 is 2.94 bits per heavy atom. The van der Waals surface area contributed by atoms with E-state index in [1.54, 1.807) is 7.05 Å². The second kappa shape index (κ2) is 3.62. The summed E-state index contributed by atoms with van der Waals surface area (Å²) in [6.07, 6.45) is 1.43. The first-order chi connectivity index (χ1) is 8.28.